The van der Waals surface area contributed by atoms with Crippen molar-refractivity contribution in [3.63, 3.8) is 0 Å². The van der Waals surface area contributed by atoms with Crippen LogP contribution in [0, 0.1) is 0 Å². The van der Waals surface area contributed by atoms with Gasteiger partial charge in [0.1, 0.15) is 0 Å². The quantitative estimate of drug-likeness (QED) is 0.860. The Morgan fingerprint density at radius 2 is 1.95 bits per heavy atom. The fourth-order valence-corrected chi connectivity index (χ4v) is 2.26. The van der Waals surface area contributed by atoms with E-state index in [1.54, 1.807) is 7.05 Å². The van der Waals surface area contributed by atoms with Gasteiger partial charge in [-0.1, -0.05) is 12.1 Å². The number of likely N-dealkylation sites (N-methyl/N-ethyl adjacent to an activating group) is 2. The van der Waals surface area contributed by atoms with E-state index >= 15 is 0 Å². The Kier molecular flexibility index (Phi) is 5.38. The lowest BCUT2D eigenvalue weighted by atomic mass is 10.2. The van der Waals surface area contributed by atoms with E-state index in [0.29, 0.717) is 6.54 Å². The minimum Gasteiger partial charge on any atom is -0.379 e. The molecule has 0 aliphatic carbocycles. The molecule has 5 nitrogen and oxygen atoms in total. The van der Waals surface area contributed by atoms with Gasteiger partial charge >= 0.3 is 0 Å². The first kappa shape index (κ1) is 14.8. The molecule has 0 saturated carbocycles. The highest BCUT2D eigenvalue weighted by atomic mass is 16.5. The highest BCUT2D eigenvalue weighted by Crippen LogP contribution is 2.15. The number of rotatable bonds is 5. The SMILES string of the molecule is CNC(=O)CN(C)c1ccc(CN2CCOCC2)cc1. The van der Waals surface area contributed by atoms with Crippen molar-refractivity contribution >= 4 is 11.6 Å². The van der Waals surface area contributed by atoms with Crippen LogP contribution in [0.4, 0.5) is 5.69 Å². The van der Waals surface area contributed by atoms with E-state index in [4.69, 9.17) is 4.74 Å². The summed E-state index contributed by atoms with van der Waals surface area (Å²) in [4.78, 5) is 15.7. The van der Waals surface area contributed by atoms with Crippen molar-refractivity contribution in [1.29, 1.82) is 0 Å². The normalized spacial score (nSPS) is 15.9. The first-order valence-corrected chi connectivity index (χ1v) is 7.00. The first-order chi connectivity index (χ1) is 9.69. The molecule has 0 radical (unpaired) electrons. The second-order valence-corrected chi connectivity index (χ2v) is 5.08. The van der Waals surface area contributed by atoms with Crippen LogP contribution in [0.25, 0.3) is 0 Å². The van der Waals surface area contributed by atoms with Gasteiger partial charge in [0.2, 0.25) is 5.91 Å². The standard InChI is InChI=1S/C15H23N3O2/c1-16-15(19)12-17(2)14-5-3-13(4-6-14)11-18-7-9-20-10-8-18/h3-6H,7-12H2,1-2H3,(H,16,19). The molecule has 1 heterocycles. The molecule has 0 atom stereocenters. The summed E-state index contributed by atoms with van der Waals surface area (Å²) in [6.07, 6.45) is 0. The molecule has 1 fully saturated rings. The summed E-state index contributed by atoms with van der Waals surface area (Å²) in [5.74, 6) is 0.0184. The van der Waals surface area contributed by atoms with Crippen LogP contribution in [-0.2, 0) is 16.1 Å². The number of benzene rings is 1. The Morgan fingerprint density at radius 3 is 2.55 bits per heavy atom. The van der Waals surface area contributed by atoms with Crippen LogP contribution in [0.1, 0.15) is 5.56 Å². The van der Waals surface area contributed by atoms with Gasteiger partial charge in [0.05, 0.1) is 19.8 Å². The van der Waals surface area contributed by atoms with Gasteiger partial charge in [-0.15, -0.1) is 0 Å². The smallest absolute Gasteiger partial charge is 0.239 e. The number of hydrogen-bond donors (Lipinski definition) is 1. The van der Waals surface area contributed by atoms with Crippen molar-refractivity contribution in [2.24, 2.45) is 0 Å². The summed E-state index contributed by atoms with van der Waals surface area (Å²) in [6, 6.07) is 8.40. The third kappa shape index (κ3) is 4.21. The number of hydrogen-bond acceptors (Lipinski definition) is 4. The van der Waals surface area contributed by atoms with Gasteiger partial charge in [0.25, 0.3) is 0 Å². The predicted molar refractivity (Wildman–Crippen MR) is 79.9 cm³/mol. The van der Waals surface area contributed by atoms with Crippen LogP contribution in [-0.4, -0.2) is 57.8 Å². The van der Waals surface area contributed by atoms with Crippen molar-refractivity contribution in [1.82, 2.24) is 10.2 Å². The van der Waals surface area contributed by atoms with Gasteiger partial charge in [-0.05, 0) is 17.7 Å². The molecule has 1 amide bonds. The maximum absolute atomic E-state index is 11.4. The lowest BCUT2D eigenvalue weighted by Crippen LogP contribution is -2.35. The van der Waals surface area contributed by atoms with Gasteiger partial charge in [0.15, 0.2) is 0 Å². The van der Waals surface area contributed by atoms with Crippen molar-refractivity contribution in [3.05, 3.63) is 29.8 Å². The molecular weight excluding hydrogens is 254 g/mol. The zero-order valence-electron chi connectivity index (χ0n) is 12.3. The van der Waals surface area contributed by atoms with E-state index in [0.717, 1.165) is 38.5 Å². The number of nitrogens with one attached hydrogen (secondary N) is 1. The number of carbonyl (C=O) groups is 1. The van der Waals surface area contributed by atoms with Crippen LogP contribution in [0.15, 0.2) is 24.3 Å². The molecule has 1 aliphatic rings. The number of carbonyl (C=O) groups excluding carboxylic acids is 1. The molecule has 20 heavy (non-hydrogen) atoms. The molecule has 0 aromatic heterocycles. The lowest BCUT2D eigenvalue weighted by Gasteiger charge is -2.26. The molecular formula is C15H23N3O2. The van der Waals surface area contributed by atoms with E-state index in [2.05, 4.69) is 34.5 Å². The first-order valence-electron chi connectivity index (χ1n) is 7.00. The van der Waals surface area contributed by atoms with Crippen molar-refractivity contribution in [3.8, 4) is 0 Å². The summed E-state index contributed by atoms with van der Waals surface area (Å²) in [5.41, 5.74) is 2.35. The molecule has 0 spiro atoms. The minimum absolute atomic E-state index is 0.0184. The second kappa shape index (κ2) is 7.26. The zero-order valence-corrected chi connectivity index (χ0v) is 12.3. The zero-order chi connectivity index (χ0) is 14.4. The highest BCUT2D eigenvalue weighted by Gasteiger charge is 2.11. The maximum Gasteiger partial charge on any atom is 0.239 e. The molecule has 1 aromatic carbocycles. The molecule has 1 aromatic rings. The molecule has 1 N–H and O–H groups in total. The number of ether oxygens (including phenoxy) is 1. The van der Waals surface area contributed by atoms with Gasteiger partial charge < -0.3 is 15.0 Å². The average Bonchev–Trinajstić information content (AvgIpc) is 2.49. The summed E-state index contributed by atoms with van der Waals surface area (Å²) < 4.78 is 5.35. The van der Waals surface area contributed by atoms with Gasteiger partial charge in [0, 0.05) is 39.4 Å². The van der Waals surface area contributed by atoms with Gasteiger partial charge in [-0.3, -0.25) is 9.69 Å². The van der Waals surface area contributed by atoms with E-state index in [1.807, 2.05) is 11.9 Å². The van der Waals surface area contributed by atoms with E-state index in [-0.39, 0.29) is 5.91 Å². The third-order valence-corrected chi connectivity index (χ3v) is 3.55. The average molecular weight is 277 g/mol. The number of morpholine rings is 1. The fraction of sp³-hybridized carbons (Fsp3) is 0.533. The Labute approximate surface area is 120 Å². The summed E-state index contributed by atoms with van der Waals surface area (Å²) in [7, 11) is 3.58. The summed E-state index contributed by atoms with van der Waals surface area (Å²) in [5, 5.41) is 2.63. The van der Waals surface area contributed by atoms with Crippen molar-refractivity contribution < 1.29 is 9.53 Å². The summed E-state index contributed by atoms with van der Waals surface area (Å²) in [6.45, 7) is 4.98. The Morgan fingerprint density at radius 1 is 1.30 bits per heavy atom. The number of amides is 1. The Hall–Kier alpha value is -1.59. The van der Waals surface area contributed by atoms with Crippen LogP contribution >= 0.6 is 0 Å². The number of nitrogens with zero attached hydrogens (tertiary/aromatic N) is 2. The van der Waals surface area contributed by atoms with Gasteiger partial charge in [-0.25, -0.2) is 0 Å². The fourth-order valence-electron chi connectivity index (χ4n) is 2.26. The lowest BCUT2D eigenvalue weighted by molar-refractivity contribution is -0.119. The molecule has 1 aliphatic heterocycles. The number of anilines is 1. The van der Waals surface area contributed by atoms with E-state index in [1.165, 1.54) is 5.56 Å². The van der Waals surface area contributed by atoms with E-state index < -0.39 is 0 Å². The Balaban J connectivity index is 1.90. The molecule has 5 heteroatoms. The summed E-state index contributed by atoms with van der Waals surface area (Å²) >= 11 is 0. The monoisotopic (exact) mass is 277 g/mol. The van der Waals surface area contributed by atoms with Crippen molar-refractivity contribution in [2.75, 3.05) is 51.8 Å². The van der Waals surface area contributed by atoms with Crippen LogP contribution in [0.3, 0.4) is 0 Å². The molecule has 0 unspecified atom stereocenters. The largest absolute Gasteiger partial charge is 0.379 e. The second-order valence-electron chi connectivity index (χ2n) is 5.08. The predicted octanol–water partition coefficient (Wildman–Crippen LogP) is 0.701. The topological polar surface area (TPSA) is 44.8 Å². The van der Waals surface area contributed by atoms with Crippen LogP contribution in [0.5, 0.6) is 0 Å². The van der Waals surface area contributed by atoms with Crippen LogP contribution < -0.4 is 10.2 Å². The third-order valence-electron chi connectivity index (χ3n) is 3.55. The van der Waals surface area contributed by atoms with E-state index in [9.17, 15) is 4.79 Å². The highest BCUT2D eigenvalue weighted by molar-refractivity contribution is 5.80. The maximum atomic E-state index is 11.4. The van der Waals surface area contributed by atoms with Gasteiger partial charge in [-0.2, -0.15) is 0 Å². The minimum atomic E-state index is 0.0184. The Bertz CT molecular complexity index is 427. The van der Waals surface area contributed by atoms with Crippen molar-refractivity contribution in [2.45, 2.75) is 6.54 Å². The molecule has 2 rings (SSSR count). The molecule has 1 saturated heterocycles. The van der Waals surface area contributed by atoms with Crippen LogP contribution in [0.2, 0.25) is 0 Å². The molecule has 110 valence electrons. The molecule has 0 bridgehead atoms.